The van der Waals surface area contributed by atoms with Crippen LogP contribution in [0.2, 0.25) is 0 Å². The van der Waals surface area contributed by atoms with Gasteiger partial charge >= 0.3 is 0 Å². The van der Waals surface area contributed by atoms with E-state index in [1.165, 1.54) is 19.4 Å². The van der Waals surface area contributed by atoms with Crippen molar-refractivity contribution in [1.29, 1.82) is 0 Å². The molecule has 0 aromatic heterocycles. The van der Waals surface area contributed by atoms with E-state index in [1.54, 1.807) is 0 Å². The number of carbonyl (C=O) groups excluding carboxylic acids is 1. The van der Waals surface area contributed by atoms with Gasteiger partial charge in [-0.25, -0.2) is 0 Å². The second-order valence-electron chi connectivity index (χ2n) is 7.25. The van der Waals surface area contributed by atoms with Crippen LogP contribution >= 0.6 is 0 Å². The molecule has 4 nitrogen and oxygen atoms in total. The fraction of sp³-hybridized carbons (Fsp3) is 0.938. The van der Waals surface area contributed by atoms with E-state index >= 15 is 0 Å². The number of amides is 1. The number of rotatable bonds is 5. The maximum Gasteiger partial charge on any atom is 0.244 e. The Morgan fingerprint density at radius 1 is 1.40 bits per heavy atom. The molecule has 0 aromatic carbocycles. The number of hydrogen-bond donors (Lipinski definition) is 1. The molecule has 2 unspecified atom stereocenters. The molecular formula is C16H29N3O. The average Bonchev–Trinajstić information content (AvgIpc) is 2.96. The summed E-state index contributed by atoms with van der Waals surface area (Å²) < 4.78 is 0. The largest absolute Gasteiger partial charge is 0.324 e. The van der Waals surface area contributed by atoms with Gasteiger partial charge in [0.05, 0.1) is 11.7 Å². The van der Waals surface area contributed by atoms with E-state index in [-0.39, 0.29) is 11.7 Å². The SMILES string of the molecule is CCN1CCCC1CN1C(=O)C2(CC2)NC1CC(C)C. The number of likely N-dealkylation sites (N-methyl/N-ethyl adjacent to an activating group) is 1. The molecule has 4 heteroatoms. The fourth-order valence-corrected chi connectivity index (χ4v) is 3.95. The van der Waals surface area contributed by atoms with Gasteiger partial charge in [0.1, 0.15) is 0 Å². The minimum atomic E-state index is -0.158. The number of hydrogen-bond acceptors (Lipinski definition) is 3. The van der Waals surface area contributed by atoms with Crippen molar-refractivity contribution in [2.24, 2.45) is 5.92 Å². The van der Waals surface area contributed by atoms with Crippen molar-refractivity contribution in [3.05, 3.63) is 0 Å². The first kappa shape index (κ1) is 14.3. The molecule has 2 heterocycles. The monoisotopic (exact) mass is 279 g/mol. The topological polar surface area (TPSA) is 35.6 Å². The number of nitrogens with one attached hydrogen (secondary N) is 1. The highest BCUT2D eigenvalue weighted by molar-refractivity contribution is 5.91. The van der Waals surface area contributed by atoms with Gasteiger partial charge in [0.25, 0.3) is 0 Å². The summed E-state index contributed by atoms with van der Waals surface area (Å²) in [5.41, 5.74) is -0.158. The highest BCUT2D eigenvalue weighted by Crippen LogP contribution is 2.43. The van der Waals surface area contributed by atoms with E-state index in [0.717, 1.165) is 32.4 Å². The summed E-state index contributed by atoms with van der Waals surface area (Å²) in [5, 5.41) is 3.64. The molecule has 3 aliphatic rings. The summed E-state index contributed by atoms with van der Waals surface area (Å²) in [6.45, 7) is 9.97. The third kappa shape index (κ3) is 2.48. The standard InChI is InChI=1S/C16H29N3O/c1-4-18-9-5-6-13(18)11-19-14(10-12(2)3)17-16(7-8-16)15(19)20/h12-14,17H,4-11H2,1-3H3. The van der Waals surface area contributed by atoms with E-state index in [9.17, 15) is 4.79 Å². The predicted octanol–water partition coefficient (Wildman–Crippen LogP) is 1.81. The Labute approximate surface area is 122 Å². The predicted molar refractivity (Wildman–Crippen MR) is 80.3 cm³/mol. The molecule has 0 bridgehead atoms. The molecule has 3 rings (SSSR count). The number of nitrogens with zero attached hydrogens (tertiary/aromatic N) is 2. The van der Waals surface area contributed by atoms with Gasteiger partial charge in [-0.3, -0.25) is 15.0 Å². The van der Waals surface area contributed by atoms with Crippen LogP contribution in [0, 0.1) is 5.92 Å². The van der Waals surface area contributed by atoms with Crippen LogP contribution in [0.5, 0.6) is 0 Å². The Kier molecular flexibility index (Phi) is 3.80. The van der Waals surface area contributed by atoms with Gasteiger partial charge in [0.2, 0.25) is 5.91 Å². The van der Waals surface area contributed by atoms with E-state index in [1.807, 2.05) is 0 Å². The van der Waals surface area contributed by atoms with Crippen LogP contribution in [-0.4, -0.2) is 53.1 Å². The summed E-state index contributed by atoms with van der Waals surface area (Å²) in [6, 6.07) is 0.578. The Morgan fingerprint density at radius 3 is 2.75 bits per heavy atom. The third-order valence-electron chi connectivity index (χ3n) is 5.25. The lowest BCUT2D eigenvalue weighted by atomic mass is 10.1. The Balaban J connectivity index is 1.69. The molecule has 1 N–H and O–H groups in total. The lowest BCUT2D eigenvalue weighted by Gasteiger charge is -2.31. The first-order valence-electron chi connectivity index (χ1n) is 8.38. The van der Waals surface area contributed by atoms with Crippen molar-refractivity contribution in [2.45, 2.75) is 70.6 Å². The van der Waals surface area contributed by atoms with Crippen LogP contribution in [0.15, 0.2) is 0 Å². The Morgan fingerprint density at radius 2 is 2.15 bits per heavy atom. The van der Waals surface area contributed by atoms with Crippen LogP contribution in [0.25, 0.3) is 0 Å². The van der Waals surface area contributed by atoms with Crippen LogP contribution in [0.4, 0.5) is 0 Å². The number of carbonyl (C=O) groups is 1. The zero-order valence-corrected chi connectivity index (χ0v) is 13.2. The lowest BCUT2D eigenvalue weighted by molar-refractivity contribution is -0.131. The van der Waals surface area contributed by atoms with Gasteiger partial charge in [-0.1, -0.05) is 20.8 Å². The zero-order chi connectivity index (χ0) is 14.3. The summed E-state index contributed by atoms with van der Waals surface area (Å²) in [7, 11) is 0. The minimum absolute atomic E-state index is 0.158. The van der Waals surface area contributed by atoms with Crippen molar-refractivity contribution in [1.82, 2.24) is 15.1 Å². The summed E-state index contributed by atoms with van der Waals surface area (Å²) >= 11 is 0. The quantitative estimate of drug-likeness (QED) is 0.833. The normalized spacial score (nSPS) is 32.8. The molecule has 1 aliphatic carbocycles. The molecule has 1 amide bonds. The molecule has 2 aliphatic heterocycles. The van der Waals surface area contributed by atoms with Gasteiger partial charge in [0.15, 0.2) is 0 Å². The molecule has 114 valence electrons. The van der Waals surface area contributed by atoms with Crippen LogP contribution in [-0.2, 0) is 4.79 Å². The average molecular weight is 279 g/mol. The maximum atomic E-state index is 12.7. The highest BCUT2D eigenvalue weighted by atomic mass is 16.2. The molecule has 20 heavy (non-hydrogen) atoms. The van der Waals surface area contributed by atoms with Crippen LogP contribution < -0.4 is 5.32 Å². The smallest absolute Gasteiger partial charge is 0.244 e. The molecular weight excluding hydrogens is 250 g/mol. The Bertz CT molecular complexity index is 378. The van der Waals surface area contributed by atoms with Crippen molar-refractivity contribution in [2.75, 3.05) is 19.6 Å². The third-order valence-corrected chi connectivity index (χ3v) is 5.25. The molecule has 0 aromatic rings. The van der Waals surface area contributed by atoms with E-state index in [2.05, 4.69) is 35.9 Å². The van der Waals surface area contributed by atoms with Gasteiger partial charge in [0, 0.05) is 12.6 Å². The summed E-state index contributed by atoms with van der Waals surface area (Å²) in [5.74, 6) is 1.01. The van der Waals surface area contributed by atoms with Gasteiger partial charge in [-0.05, 0) is 51.1 Å². The van der Waals surface area contributed by atoms with Gasteiger partial charge < -0.3 is 4.90 Å². The molecule has 1 spiro atoms. The summed E-state index contributed by atoms with van der Waals surface area (Å²) in [6.07, 6.45) is 5.96. The molecule has 0 radical (unpaired) electrons. The first-order chi connectivity index (χ1) is 9.55. The van der Waals surface area contributed by atoms with Crippen molar-refractivity contribution >= 4 is 5.91 Å². The van der Waals surface area contributed by atoms with Crippen molar-refractivity contribution < 1.29 is 4.79 Å². The van der Waals surface area contributed by atoms with Crippen molar-refractivity contribution in [3.8, 4) is 0 Å². The first-order valence-corrected chi connectivity index (χ1v) is 8.38. The van der Waals surface area contributed by atoms with E-state index < -0.39 is 0 Å². The zero-order valence-electron chi connectivity index (χ0n) is 13.2. The number of likely N-dealkylation sites (tertiary alicyclic amines) is 1. The lowest BCUT2D eigenvalue weighted by Crippen LogP contribution is -2.46. The maximum absolute atomic E-state index is 12.7. The second kappa shape index (κ2) is 5.30. The second-order valence-corrected chi connectivity index (χ2v) is 7.25. The van der Waals surface area contributed by atoms with Crippen LogP contribution in [0.1, 0.15) is 52.9 Å². The van der Waals surface area contributed by atoms with E-state index in [4.69, 9.17) is 0 Å². The highest BCUT2D eigenvalue weighted by Gasteiger charge is 2.59. The van der Waals surface area contributed by atoms with Gasteiger partial charge in [-0.15, -0.1) is 0 Å². The molecule has 1 saturated carbocycles. The molecule has 2 atom stereocenters. The Hall–Kier alpha value is -0.610. The fourth-order valence-electron chi connectivity index (χ4n) is 3.95. The summed E-state index contributed by atoms with van der Waals surface area (Å²) in [4.78, 5) is 17.4. The minimum Gasteiger partial charge on any atom is -0.324 e. The van der Waals surface area contributed by atoms with Gasteiger partial charge in [-0.2, -0.15) is 0 Å². The van der Waals surface area contributed by atoms with Crippen molar-refractivity contribution in [3.63, 3.8) is 0 Å². The molecule has 2 saturated heterocycles. The van der Waals surface area contributed by atoms with Crippen LogP contribution in [0.3, 0.4) is 0 Å². The molecule has 3 fully saturated rings. The van der Waals surface area contributed by atoms with E-state index in [0.29, 0.717) is 17.9 Å².